The first-order chi connectivity index (χ1) is 9.02. The van der Waals surface area contributed by atoms with Crippen LogP contribution in [0.2, 0.25) is 0 Å². The molecule has 0 heterocycles. The average molecular weight is 268 g/mol. The smallest absolute Gasteiger partial charge is 0.326 e. The third-order valence-corrected chi connectivity index (χ3v) is 4.48. The molecule has 2 saturated carbocycles. The Balaban J connectivity index is 2.07. The van der Waals surface area contributed by atoms with Crippen molar-refractivity contribution in [1.82, 2.24) is 10.2 Å². The van der Waals surface area contributed by atoms with E-state index in [1.807, 2.05) is 0 Å². The minimum Gasteiger partial charge on any atom is -0.468 e. The highest BCUT2D eigenvalue weighted by Gasteiger charge is 2.49. The fourth-order valence-electron chi connectivity index (χ4n) is 3.65. The Morgan fingerprint density at radius 1 is 1.37 bits per heavy atom. The van der Waals surface area contributed by atoms with Crippen LogP contribution in [-0.4, -0.2) is 48.2 Å². The molecule has 0 aliphatic heterocycles. The maximum atomic E-state index is 12.2. The summed E-state index contributed by atoms with van der Waals surface area (Å²) in [4.78, 5) is 14.8. The van der Waals surface area contributed by atoms with Crippen LogP contribution in [0, 0.1) is 0 Å². The topological polar surface area (TPSA) is 41.6 Å². The van der Waals surface area contributed by atoms with Gasteiger partial charge in [0.25, 0.3) is 0 Å². The molecular weight excluding hydrogens is 240 g/mol. The summed E-state index contributed by atoms with van der Waals surface area (Å²) in [6.07, 6.45) is 5.54. The molecule has 1 N–H and O–H groups in total. The van der Waals surface area contributed by atoms with Gasteiger partial charge in [0, 0.05) is 18.1 Å². The van der Waals surface area contributed by atoms with Crippen molar-refractivity contribution in [1.29, 1.82) is 0 Å². The molecule has 0 amide bonds. The van der Waals surface area contributed by atoms with Crippen LogP contribution in [0.25, 0.3) is 0 Å². The summed E-state index contributed by atoms with van der Waals surface area (Å²) in [5, 5.41) is 3.47. The van der Waals surface area contributed by atoms with Gasteiger partial charge in [-0.3, -0.25) is 15.0 Å². The van der Waals surface area contributed by atoms with Crippen LogP contribution in [0.15, 0.2) is 0 Å². The average Bonchev–Trinajstić information content (AvgIpc) is 3.11. The number of nitrogens with zero attached hydrogens (tertiary/aromatic N) is 1. The van der Waals surface area contributed by atoms with Crippen molar-refractivity contribution in [2.24, 2.45) is 0 Å². The van der Waals surface area contributed by atoms with Gasteiger partial charge < -0.3 is 4.74 Å². The van der Waals surface area contributed by atoms with E-state index in [1.165, 1.54) is 20.0 Å². The van der Waals surface area contributed by atoms with E-state index < -0.39 is 5.54 Å². The standard InChI is InChI=1S/C15H28N2O2/c1-5-17(12-6-7-12)13-8-9-15(10-13,14(18)19-4)16-11(2)3/h11-13,16H,5-10H2,1-4H3. The molecule has 0 saturated heterocycles. The summed E-state index contributed by atoms with van der Waals surface area (Å²) in [6.45, 7) is 7.51. The minimum atomic E-state index is -0.462. The van der Waals surface area contributed by atoms with Crippen molar-refractivity contribution in [2.45, 2.75) is 76.5 Å². The van der Waals surface area contributed by atoms with E-state index in [2.05, 4.69) is 31.0 Å². The first-order valence-corrected chi connectivity index (χ1v) is 7.64. The Morgan fingerprint density at radius 2 is 2.05 bits per heavy atom. The molecule has 19 heavy (non-hydrogen) atoms. The van der Waals surface area contributed by atoms with Gasteiger partial charge in [-0.25, -0.2) is 0 Å². The van der Waals surface area contributed by atoms with Gasteiger partial charge in [0.05, 0.1) is 7.11 Å². The molecule has 2 fully saturated rings. The Hall–Kier alpha value is -0.610. The molecule has 110 valence electrons. The highest BCUT2D eigenvalue weighted by atomic mass is 16.5. The maximum absolute atomic E-state index is 12.2. The Bertz CT molecular complexity index is 328. The molecule has 4 nitrogen and oxygen atoms in total. The molecule has 2 aliphatic carbocycles. The molecule has 0 aromatic rings. The van der Waals surface area contributed by atoms with Gasteiger partial charge >= 0.3 is 5.97 Å². The van der Waals surface area contributed by atoms with Crippen LogP contribution < -0.4 is 5.32 Å². The lowest BCUT2D eigenvalue weighted by Gasteiger charge is -2.32. The van der Waals surface area contributed by atoms with Crippen molar-refractivity contribution in [3.8, 4) is 0 Å². The molecule has 0 bridgehead atoms. The highest BCUT2D eigenvalue weighted by molar-refractivity contribution is 5.81. The zero-order valence-corrected chi connectivity index (χ0v) is 12.7. The lowest BCUT2D eigenvalue weighted by Crippen LogP contribution is -2.54. The monoisotopic (exact) mass is 268 g/mol. The highest BCUT2D eigenvalue weighted by Crippen LogP contribution is 2.39. The van der Waals surface area contributed by atoms with Crippen molar-refractivity contribution in [2.75, 3.05) is 13.7 Å². The van der Waals surface area contributed by atoms with E-state index >= 15 is 0 Å². The van der Waals surface area contributed by atoms with Gasteiger partial charge in [0.1, 0.15) is 5.54 Å². The number of nitrogens with one attached hydrogen (secondary N) is 1. The van der Waals surface area contributed by atoms with E-state index in [0.717, 1.165) is 31.8 Å². The van der Waals surface area contributed by atoms with Gasteiger partial charge in [-0.05, 0) is 52.5 Å². The number of esters is 1. The summed E-state index contributed by atoms with van der Waals surface area (Å²) < 4.78 is 5.06. The summed E-state index contributed by atoms with van der Waals surface area (Å²) in [5.74, 6) is -0.0875. The summed E-state index contributed by atoms with van der Waals surface area (Å²) in [6, 6.07) is 1.60. The minimum absolute atomic E-state index is 0.0875. The zero-order valence-electron chi connectivity index (χ0n) is 12.7. The number of hydrogen-bond acceptors (Lipinski definition) is 4. The fraction of sp³-hybridized carbons (Fsp3) is 0.933. The van der Waals surface area contributed by atoms with E-state index in [0.29, 0.717) is 12.1 Å². The number of ether oxygens (including phenoxy) is 1. The predicted molar refractivity (Wildman–Crippen MR) is 76.1 cm³/mol. The second-order valence-corrected chi connectivity index (χ2v) is 6.33. The number of hydrogen-bond donors (Lipinski definition) is 1. The molecule has 2 aliphatic rings. The lowest BCUT2D eigenvalue weighted by atomic mass is 9.96. The second kappa shape index (κ2) is 5.80. The molecule has 2 rings (SSSR count). The summed E-state index contributed by atoms with van der Waals surface area (Å²) >= 11 is 0. The maximum Gasteiger partial charge on any atom is 0.326 e. The van der Waals surface area contributed by atoms with E-state index in [1.54, 1.807) is 0 Å². The van der Waals surface area contributed by atoms with Crippen molar-refractivity contribution in [3.63, 3.8) is 0 Å². The van der Waals surface area contributed by atoms with Crippen LogP contribution >= 0.6 is 0 Å². The predicted octanol–water partition coefficient (Wildman–Crippen LogP) is 1.93. The number of rotatable bonds is 6. The Labute approximate surface area is 116 Å². The van der Waals surface area contributed by atoms with Crippen molar-refractivity contribution in [3.05, 3.63) is 0 Å². The lowest BCUT2D eigenvalue weighted by molar-refractivity contribution is -0.149. The third-order valence-electron chi connectivity index (χ3n) is 4.48. The van der Waals surface area contributed by atoms with Gasteiger partial charge in [-0.1, -0.05) is 6.92 Å². The molecule has 0 spiro atoms. The SMILES string of the molecule is CCN(C1CC1)C1CCC(NC(C)C)(C(=O)OC)C1. The van der Waals surface area contributed by atoms with E-state index in [4.69, 9.17) is 4.74 Å². The first kappa shape index (κ1) is 14.8. The van der Waals surface area contributed by atoms with Crippen LogP contribution in [0.5, 0.6) is 0 Å². The van der Waals surface area contributed by atoms with Crippen molar-refractivity contribution < 1.29 is 9.53 Å². The molecule has 0 aromatic heterocycles. The molecule has 4 heteroatoms. The number of carbonyl (C=O) groups excluding carboxylic acids is 1. The van der Waals surface area contributed by atoms with Crippen LogP contribution in [0.3, 0.4) is 0 Å². The van der Waals surface area contributed by atoms with Crippen molar-refractivity contribution >= 4 is 5.97 Å². The molecule has 2 unspecified atom stereocenters. The summed E-state index contributed by atoms with van der Waals surface area (Å²) in [7, 11) is 1.50. The first-order valence-electron chi connectivity index (χ1n) is 7.64. The van der Waals surface area contributed by atoms with Crippen LogP contribution in [0.1, 0.15) is 52.9 Å². The summed E-state index contributed by atoms with van der Waals surface area (Å²) in [5.41, 5.74) is -0.462. The third kappa shape index (κ3) is 3.11. The quantitative estimate of drug-likeness (QED) is 0.748. The van der Waals surface area contributed by atoms with Gasteiger partial charge in [-0.15, -0.1) is 0 Å². The van der Waals surface area contributed by atoms with Gasteiger partial charge in [0.15, 0.2) is 0 Å². The number of methoxy groups -OCH3 is 1. The normalized spacial score (nSPS) is 31.2. The molecular formula is C15H28N2O2. The second-order valence-electron chi connectivity index (χ2n) is 6.33. The van der Waals surface area contributed by atoms with Crippen LogP contribution in [0.4, 0.5) is 0 Å². The fourth-order valence-corrected chi connectivity index (χ4v) is 3.65. The largest absolute Gasteiger partial charge is 0.468 e. The Morgan fingerprint density at radius 3 is 2.53 bits per heavy atom. The van der Waals surface area contributed by atoms with Gasteiger partial charge in [-0.2, -0.15) is 0 Å². The zero-order chi connectivity index (χ0) is 14.0. The van der Waals surface area contributed by atoms with E-state index in [9.17, 15) is 4.79 Å². The van der Waals surface area contributed by atoms with Crippen LogP contribution in [-0.2, 0) is 9.53 Å². The molecule has 2 atom stereocenters. The molecule has 0 radical (unpaired) electrons. The Kier molecular flexibility index (Phi) is 4.51. The molecule has 0 aromatic carbocycles. The number of carbonyl (C=O) groups is 1. The van der Waals surface area contributed by atoms with E-state index in [-0.39, 0.29) is 5.97 Å². The van der Waals surface area contributed by atoms with Gasteiger partial charge in [0.2, 0.25) is 0 Å².